The maximum absolute atomic E-state index is 15.0. The fourth-order valence-corrected chi connectivity index (χ4v) is 7.64. The number of nitrogens with zero attached hydrogens (tertiary/aromatic N) is 4. The van der Waals surface area contributed by atoms with Gasteiger partial charge in [-0.1, -0.05) is 20.9 Å². The standard InChI is InChI=1S/C21H21F3N4O4.C14H17F2N3O2.2CH4/c1-11-19-17(8-30-11)32-20(25)28-21(19,9-22)13-4-12(2-3-14(13)24)5-16(29)15-6-27-18(7-26-15)31-10-23;1-7-12-11(5-20-7)21-13(18)19-14(12,6-15)9-4-8(17)2-3-10(9)16;;/h2-4,6-7,11,17,19H,5,8-10H2,1H3,(H2,25,28);2-4,7,11-12H,5-6,17H2,1H3,(H2,18,19);2*1H4/t11-,17+,19-,21+;7-,11+,12-,14+;;/m00../s1. The number of carbonyl (C=O) groups excluding carboxylic acids is 1. The summed E-state index contributed by atoms with van der Waals surface area (Å²) in [7, 11) is 0. The van der Waals surface area contributed by atoms with Crippen molar-refractivity contribution in [1.29, 1.82) is 0 Å². The number of ketones is 1. The molecule has 0 amide bonds. The van der Waals surface area contributed by atoms with Gasteiger partial charge in [0.1, 0.15) is 54.0 Å². The Labute approximate surface area is 315 Å². The van der Waals surface area contributed by atoms with E-state index in [9.17, 15) is 26.7 Å². The largest absolute Gasteiger partial charge is 0.459 e. The first-order chi connectivity index (χ1) is 25.3. The van der Waals surface area contributed by atoms with Crippen molar-refractivity contribution in [3.63, 3.8) is 0 Å². The van der Waals surface area contributed by atoms with Crippen molar-refractivity contribution in [3.8, 4) is 5.88 Å². The number of hydrogen-bond donors (Lipinski definition) is 3. The molecule has 0 bridgehead atoms. The first-order valence-corrected chi connectivity index (χ1v) is 16.6. The minimum absolute atomic E-state index is 0. The van der Waals surface area contributed by atoms with Crippen molar-refractivity contribution in [3.05, 3.63) is 82.8 Å². The van der Waals surface area contributed by atoms with Crippen LogP contribution in [0.25, 0.3) is 0 Å². The summed E-state index contributed by atoms with van der Waals surface area (Å²) in [6, 6.07) is 7.62. The van der Waals surface area contributed by atoms with Crippen molar-refractivity contribution in [1.82, 2.24) is 9.97 Å². The average Bonchev–Trinajstić information content (AvgIpc) is 3.71. The zero-order valence-electron chi connectivity index (χ0n) is 28.7. The lowest BCUT2D eigenvalue weighted by atomic mass is 9.73. The number of aromatic nitrogens is 2. The van der Waals surface area contributed by atoms with E-state index in [1.54, 1.807) is 13.8 Å². The number of aliphatic imine (C=N–C) groups is 2. The van der Waals surface area contributed by atoms with Crippen LogP contribution in [0.15, 0.2) is 58.8 Å². The van der Waals surface area contributed by atoms with E-state index in [0.717, 1.165) is 18.5 Å². The second-order valence-corrected chi connectivity index (χ2v) is 13.1. The Morgan fingerprint density at radius 1 is 0.800 bits per heavy atom. The molecule has 13 nitrogen and oxygen atoms in total. The number of nitrogens with two attached hydrogens (primary N) is 3. The molecule has 0 radical (unpaired) electrons. The Morgan fingerprint density at radius 3 is 1.82 bits per heavy atom. The number of Topliss-reactive ketones (excluding diaryl/α,β-unsaturated/α-hetero) is 1. The summed E-state index contributed by atoms with van der Waals surface area (Å²) >= 11 is 0. The van der Waals surface area contributed by atoms with Crippen LogP contribution in [0.2, 0.25) is 0 Å². The van der Waals surface area contributed by atoms with Gasteiger partial charge in [-0.2, -0.15) is 0 Å². The molecule has 0 aliphatic carbocycles. The van der Waals surface area contributed by atoms with Crippen LogP contribution >= 0.6 is 0 Å². The van der Waals surface area contributed by atoms with E-state index in [-0.39, 0.29) is 75.3 Å². The molecular weight excluding hydrogens is 733 g/mol. The molecule has 3 aromatic rings. The maximum atomic E-state index is 15.0. The molecule has 8 atom stereocenters. The number of fused-ring (bicyclic) bond motifs is 2. The first kappa shape index (κ1) is 42.6. The van der Waals surface area contributed by atoms with Gasteiger partial charge in [-0.25, -0.2) is 41.9 Å². The molecule has 0 unspecified atom stereocenters. The number of hydrogen-bond acceptors (Lipinski definition) is 13. The van der Waals surface area contributed by atoms with Crippen molar-refractivity contribution in [2.45, 2.75) is 70.6 Å². The number of nitrogen functional groups attached to an aromatic ring is 1. The summed E-state index contributed by atoms with van der Waals surface area (Å²) in [6.07, 6.45) is 0.344. The second-order valence-electron chi connectivity index (χ2n) is 13.1. The van der Waals surface area contributed by atoms with E-state index in [1.165, 1.54) is 30.3 Å². The summed E-state index contributed by atoms with van der Waals surface area (Å²) in [4.78, 5) is 28.6. The fourth-order valence-electron chi connectivity index (χ4n) is 7.64. The SMILES string of the molecule is C.C.C[C@@H]1OC[C@H]2OC(N)=N[C@](CF)(c3cc(CC(=O)c4cnc(OCF)cn4)ccc3F)[C@@H]12.C[C@@H]1OC[C@H]2OC(N)=N[C@](CF)(c3cc(N)ccc3F)[C@@H]12. The molecule has 18 heteroatoms. The third kappa shape index (κ3) is 8.01. The summed E-state index contributed by atoms with van der Waals surface area (Å²) in [6.45, 7) is 0.988. The molecule has 0 spiro atoms. The monoisotopic (exact) mass is 779 g/mol. The van der Waals surface area contributed by atoms with E-state index in [1.807, 2.05) is 0 Å². The highest BCUT2D eigenvalue weighted by molar-refractivity contribution is 5.95. The van der Waals surface area contributed by atoms with E-state index < -0.39 is 78.9 Å². The van der Waals surface area contributed by atoms with E-state index in [4.69, 9.17) is 36.1 Å². The minimum Gasteiger partial charge on any atom is -0.459 e. The quantitative estimate of drug-likeness (QED) is 0.153. The van der Waals surface area contributed by atoms with Crippen LogP contribution in [0.3, 0.4) is 0 Å². The summed E-state index contributed by atoms with van der Waals surface area (Å²) in [5, 5.41) is 0. The molecular formula is C37H46F5N7O6. The van der Waals surface area contributed by atoms with Crippen molar-refractivity contribution in [2.24, 2.45) is 33.3 Å². The van der Waals surface area contributed by atoms with Gasteiger partial charge in [0.2, 0.25) is 12.7 Å². The van der Waals surface area contributed by atoms with Crippen molar-refractivity contribution in [2.75, 3.05) is 39.2 Å². The number of carbonyl (C=O) groups is 1. The van der Waals surface area contributed by atoms with Gasteiger partial charge in [-0.3, -0.25) is 4.79 Å². The van der Waals surface area contributed by atoms with Crippen LogP contribution in [-0.4, -0.2) is 85.6 Å². The summed E-state index contributed by atoms with van der Waals surface area (Å²) in [5.74, 6) is -2.79. The van der Waals surface area contributed by atoms with Crippen LogP contribution in [0.5, 0.6) is 5.88 Å². The smallest absolute Gasteiger partial charge is 0.283 e. The lowest BCUT2D eigenvalue weighted by molar-refractivity contribution is 0.0426. The predicted octanol–water partition coefficient (Wildman–Crippen LogP) is 4.85. The molecule has 2 saturated heterocycles. The minimum atomic E-state index is -1.64. The number of alkyl halides is 3. The molecule has 300 valence electrons. The lowest BCUT2D eigenvalue weighted by Gasteiger charge is -2.41. The van der Waals surface area contributed by atoms with Crippen molar-refractivity contribution >= 4 is 23.5 Å². The van der Waals surface area contributed by atoms with E-state index in [2.05, 4.69) is 24.7 Å². The first-order valence-electron chi connectivity index (χ1n) is 16.6. The van der Waals surface area contributed by atoms with Gasteiger partial charge >= 0.3 is 0 Å². The van der Waals surface area contributed by atoms with E-state index >= 15 is 0 Å². The summed E-state index contributed by atoms with van der Waals surface area (Å²) in [5.41, 5.74) is 14.9. The number of benzene rings is 2. The molecule has 4 aliphatic heterocycles. The average molecular weight is 780 g/mol. The highest BCUT2D eigenvalue weighted by Crippen LogP contribution is 2.48. The van der Waals surface area contributed by atoms with Crippen LogP contribution < -0.4 is 21.9 Å². The van der Waals surface area contributed by atoms with Gasteiger partial charge in [0.25, 0.3) is 12.0 Å². The second kappa shape index (κ2) is 17.1. The Balaban J connectivity index is 0.000000255. The summed E-state index contributed by atoms with van der Waals surface area (Å²) < 4.78 is 96.6. The Hall–Kier alpha value is -5.10. The Morgan fingerprint density at radius 2 is 1.33 bits per heavy atom. The number of ether oxygens (including phenoxy) is 5. The molecule has 2 fully saturated rings. The molecule has 1 aromatic heterocycles. The normalized spacial score (nSPS) is 28.9. The predicted molar refractivity (Wildman–Crippen MR) is 193 cm³/mol. The Bertz CT molecular complexity index is 1890. The van der Waals surface area contributed by atoms with Crippen LogP contribution in [0.4, 0.5) is 27.6 Å². The number of halogens is 5. The highest BCUT2D eigenvalue weighted by Gasteiger charge is 2.57. The molecule has 2 aromatic carbocycles. The van der Waals surface area contributed by atoms with Gasteiger partial charge < -0.3 is 40.9 Å². The number of anilines is 1. The molecule has 7 rings (SSSR count). The molecule has 0 saturated carbocycles. The van der Waals surface area contributed by atoms with Gasteiger partial charge in [-0.15, -0.1) is 0 Å². The topological polar surface area (TPSA) is 192 Å². The highest BCUT2D eigenvalue weighted by atomic mass is 19.1. The zero-order valence-corrected chi connectivity index (χ0v) is 28.7. The van der Waals surface area contributed by atoms with E-state index in [0.29, 0.717) is 11.3 Å². The molecule has 6 N–H and O–H groups in total. The van der Waals surface area contributed by atoms with Gasteiger partial charge in [0, 0.05) is 23.2 Å². The third-order valence-corrected chi connectivity index (χ3v) is 9.97. The van der Waals surface area contributed by atoms with Crippen LogP contribution in [-0.2, 0) is 36.4 Å². The lowest BCUT2D eigenvalue weighted by Crippen LogP contribution is -2.52. The molecule has 4 aliphatic rings. The van der Waals surface area contributed by atoms with Crippen molar-refractivity contribution < 1.29 is 50.4 Å². The number of rotatable bonds is 9. The Kier molecular flexibility index (Phi) is 13.3. The maximum Gasteiger partial charge on any atom is 0.283 e. The van der Waals surface area contributed by atoms with Gasteiger partial charge in [0.05, 0.1) is 49.7 Å². The molecule has 5 heterocycles. The molecule has 55 heavy (non-hydrogen) atoms. The fraction of sp³-hybridized carbons (Fsp3) is 0.486. The van der Waals surface area contributed by atoms with Gasteiger partial charge in [0.15, 0.2) is 5.78 Å². The van der Waals surface area contributed by atoms with Crippen LogP contribution in [0.1, 0.15) is 55.9 Å². The van der Waals surface area contributed by atoms with Gasteiger partial charge in [-0.05, 0) is 49.7 Å². The third-order valence-electron chi connectivity index (χ3n) is 9.97. The van der Waals surface area contributed by atoms with Crippen LogP contribution in [0, 0.1) is 23.5 Å². The zero-order chi connectivity index (χ0) is 38.1. The number of amidine groups is 2.